The Morgan fingerprint density at radius 2 is 2.10 bits per heavy atom. The van der Waals surface area contributed by atoms with Crippen molar-refractivity contribution < 1.29 is 13.9 Å². The molecule has 0 radical (unpaired) electrons. The van der Waals surface area contributed by atoms with Gasteiger partial charge in [-0.1, -0.05) is 25.5 Å². The topological polar surface area (TPSA) is 73.4 Å². The molecule has 164 valence electrons. The number of rotatable bonds is 7. The van der Waals surface area contributed by atoms with Crippen LogP contribution < -0.4 is 4.74 Å². The number of nitrogens with zero attached hydrogens (tertiary/aromatic N) is 4. The number of hydrogen-bond acceptors (Lipinski definition) is 5. The van der Waals surface area contributed by atoms with Crippen molar-refractivity contribution in [1.29, 1.82) is 0 Å². The Bertz CT molecular complexity index is 1020. The zero-order chi connectivity index (χ0) is 21.8. The second-order valence-electron chi connectivity index (χ2n) is 8.17. The molecular formula is C24H30N4O3. The Labute approximate surface area is 183 Å². The summed E-state index contributed by atoms with van der Waals surface area (Å²) in [5.74, 6) is 2.54. The summed E-state index contributed by atoms with van der Waals surface area (Å²) in [6.07, 6.45) is 6.29. The van der Waals surface area contributed by atoms with Gasteiger partial charge in [0, 0.05) is 26.6 Å². The summed E-state index contributed by atoms with van der Waals surface area (Å²) < 4.78 is 13.0. The Morgan fingerprint density at radius 1 is 1.29 bits per heavy atom. The molecule has 1 aromatic carbocycles. The molecular weight excluding hydrogens is 392 g/mol. The summed E-state index contributed by atoms with van der Waals surface area (Å²) in [6, 6.07) is 9.88. The third kappa shape index (κ3) is 4.81. The maximum absolute atomic E-state index is 13.1. The van der Waals surface area contributed by atoms with E-state index in [2.05, 4.69) is 17.0 Å². The largest absolute Gasteiger partial charge is 0.497 e. The normalized spacial score (nSPS) is 16.5. The third-order valence-corrected chi connectivity index (χ3v) is 5.82. The van der Waals surface area contributed by atoms with E-state index in [1.165, 1.54) is 0 Å². The van der Waals surface area contributed by atoms with Crippen molar-refractivity contribution in [3.05, 3.63) is 65.1 Å². The molecule has 1 fully saturated rings. The first-order chi connectivity index (χ1) is 15.1. The maximum atomic E-state index is 13.1. The van der Waals surface area contributed by atoms with E-state index >= 15 is 0 Å². The molecule has 7 heteroatoms. The van der Waals surface area contributed by atoms with Crippen molar-refractivity contribution in [2.45, 2.75) is 44.9 Å². The molecule has 0 bridgehead atoms. The first-order valence-electron chi connectivity index (χ1n) is 11.0. The van der Waals surface area contributed by atoms with E-state index < -0.39 is 0 Å². The first-order valence-corrected chi connectivity index (χ1v) is 11.0. The molecule has 0 saturated carbocycles. The molecule has 0 spiro atoms. The first kappa shape index (κ1) is 21.2. The molecule has 1 aliphatic heterocycles. The molecule has 1 aliphatic rings. The Kier molecular flexibility index (Phi) is 6.39. The van der Waals surface area contributed by atoms with Crippen LogP contribution in [0.5, 0.6) is 5.75 Å². The summed E-state index contributed by atoms with van der Waals surface area (Å²) in [5.41, 5.74) is 2.76. The number of hydrogen-bond donors (Lipinski definition) is 0. The molecule has 4 rings (SSSR count). The van der Waals surface area contributed by atoms with E-state index in [9.17, 15) is 4.79 Å². The van der Waals surface area contributed by atoms with Crippen molar-refractivity contribution in [3.8, 4) is 5.75 Å². The number of carbonyl (C=O) groups excluding carboxylic acids is 1. The lowest BCUT2D eigenvalue weighted by atomic mass is 9.97. The van der Waals surface area contributed by atoms with Crippen LogP contribution in [0.3, 0.4) is 0 Å². The van der Waals surface area contributed by atoms with Gasteiger partial charge >= 0.3 is 0 Å². The average Bonchev–Trinajstić information content (AvgIpc) is 3.40. The van der Waals surface area contributed by atoms with E-state index in [4.69, 9.17) is 9.15 Å². The highest BCUT2D eigenvalue weighted by molar-refractivity contribution is 5.92. The fourth-order valence-corrected chi connectivity index (χ4v) is 4.17. The monoisotopic (exact) mass is 422 g/mol. The number of benzene rings is 1. The van der Waals surface area contributed by atoms with E-state index in [0.29, 0.717) is 18.7 Å². The molecule has 3 aromatic rings. The van der Waals surface area contributed by atoms with Gasteiger partial charge in [0.15, 0.2) is 5.89 Å². The quantitative estimate of drug-likeness (QED) is 0.576. The van der Waals surface area contributed by atoms with Gasteiger partial charge in [-0.2, -0.15) is 5.10 Å². The van der Waals surface area contributed by atoms with Crippen molar-refractivity contribution in [3.63, 3.8) is 0 Å². The summed E-state index contributed by atoms with van der Waals surface area (Å²) in [6.45, 7) is 3.49. The molecule has 1 atom stereocenters. The molecule has 0 N–H and O–H groups in total. The second kappa shape index (κ2) is 9.37. The van der Waals surface area contributed by atoms with Gasteiger partial charge < -0.3 is 14.1 Å². The molecule has 1 unspecified atom stereocenters. The summed E-state index contributed by atoms with van der Waals surface area (Å²) in [4.78, 5) is 19.6. The molecule has 1 amide bonds. The lowest BCUT2D eigenvalue weighted by molar-refractivity contribution is 0.0686. The minimum atomic E-state index is 0.0343. The SMILES string of the molecule is CCCc1cc(C(=O)N2CCCC(c3ncc(Cc4ccc(OC)cc4)o3)C2)n(C)n1. The average molecular weight is 423 g/mol. The standard InChI is InChI=1S/C24H30N4O3/c1-4-6-19-14-22(27(2)26-19)24(29)28-12-5-7-18(16-28)23-25-15-21(31-23)13-17-8-10-20(30-3)11-9-17/h8-11,14-15,18H,4-7,12-13,16H2,1-3H3. The van der Waals surface area contributed by atoms with Crippen LogP contribution in [-0.2, 0) is 19.9 Å². The number of piperidine rings is 1. The molecule has 1 saturated heterocycles. The maximum Gasteiger partial charge on any atom is 0.272 e. The molecule has 2 aromatic heterocycles. The Hall–Kier alpha value is -3.09. The van der Waals surface area contributed by atoms with Crippen LogP contribution >= 0.6 is 0 Å². The third-order valence-electron chi connectivity index (χ3n) is 5.82. The van der Waals surface area contributed by atoms with Gasteiger partial charge in [0.2, 0.25) is 0 Å². The van der Waals surface area contributed by atoms with Crippen LogP contribution in [-0.4, -0.2) is 45.8 Å². The summed E-state index contributed by atoms with van der Waals surface area (Å²) >= 11 is 0. The van der Waals surface area contributed by atoms with Gasteiger partial charge in [-0.05, 0) is 43.0 Å². The van der Waals surface area contributed by atoms with Crippen LogP contribution in [0.2, 0.25) is 0 Å². The van der Waals surface area contributed by atoms with Crippen LogP contribution in [0.25, 0.3) is 0 Å². The summed E-state index contributed by atoms with van der Waals surface area (Å²) in [7, 11) is 3.50. The molecule has 7 nitrogen and oxygen atoms in total. The van der Waals surface area contributed by atoms with E-state index in [1.54, 1.807) is 18.0 Å². The molecule has 31 heavy (non-hydrogen) atoms. The highest BCUT2D eigenvalue weighted by Crippen LogP contribution is 2.28. The highest BCUT2D eigenvalue weighted by atomic mass is 16.5. The number of aromatic nitrogens is 3. The number of aryl methyl sites for hydroxylation is 2. The van der Waals surface area contributed by atoms with Gasteiger partial charge in [0.1, 0.15) is 17.2 Å². The van der Waals surface area contributed by atoms with E-state index in [1.807, 2.05) is 42.3 Å². The number of amides is 1. The van der Waals surface area contributed by atoms with Crippen molar-refractivity contribution >= 4 is 5.91 Å². The van der Waals surface area contributed by atoms with E-state index in [0.717, 1.165) is 60.9 Å². The van der Waals surface area contributed by atoms with Gasteiger partial charge in [-0.15, -0.1) is 0 Å². The molecule has 0 aliphatic carbocycles. The van der Waals surface area contributed by atoms with Crippen molar-refractivity contribution in [1.82, 2.24) is 19.7 Å². The van der Waals surface area contributed by atoms with Crippen LogP contribution in [0, 0.1) is 0 Å². The van der Waals surface area contributed by atoms with Crippen LogP contribution in [0.15, 0.2) is 40.9 Å². The Morgan fingerprint density at radius 3 is 2.84 bits per heavy atom. The predicted octanol–water partition coefficient (Wildman–Crippen LogP) is 3.98. The smallest absolute Gasteiger partial charge is 0.272 e. The lowest BCUT2D eigenvalue weighted by Crippen LogP contribution is -2.40. The fourth-order valence-electron chi connectivity index (χ4n) is 4.17. The lowest BCUT2D eigenvalue weighted by Gasteiger charge is -2.31. The van der Waals surface area contributed by atoms with Gasteiger partial charge in [-0.25, -0.2) is 4.98 Å². The molecule has 3 heterocycles. The number of ether oxygens (including phenoxy) is 1. The minimum absolute atomic E-state index is 0.0343. The van der Waals surface area contributed by atoms with E-state index in [-0.39, 0.29) is 11.8 Å². The van der Waals surface area contributed by atoms with Crippen molar-refractivity contribution in [2.75, 3.05) is 20.2 Å². The van der Waals surface area contributed by atoms with Gasteiger partial charge in [0.05, 0.1) is 24.9 Å². The summed E-state index contributed by atoms with van der Waals surface area (Å²) in [5, 5.41) is 4.48. The number of carbonyl (C=O) groups is 1. The van der Waals surface area contributed by atoms with Crippen LogP contribution in [0.1, 0.15) is 65.5 Å². The minimum Gasteiger partial charge on any atom is -0.497 e. The van der Waals surface area contributed by atoms with Crippen molar-refractivity contribution in [2.24, 2.45) is 7.05 Å². The second-order valence-corrected chi connectivity index (χ2v) is 8.17. The highest BCUT2D eigenvalue weighted by Gasteiger charge is 2.29. The predicted molar refractivity (Wildman–Crippen MR) is 117 cm³/mol. The Balaban J connectivity index is 1.42. The zero-order valence-electron chi connectivity index (χ0n) is 18.5. The number of oxazole rings is 1. The van der Waals surface area contributed by atoms with Gasteiger partial charge in [-0.3, -0.25) is 9.48 Å². The zero-order valence-corrected chi connectivity index (χ0v) is 18.5. The number of likely N-dealkylation sites (tertiary alicyclic amines) is 1. The van der Waals surface area contributed by atoms with Crippen LogP contribution in [0.4, 0.5) is 0 Å². The number of methoxy groups -OCH3 is 1. The fraction of sp³-hybridized carbons (Fsp3) is 0.458. The van der Waals surface area contributed by atoms with Gasteiger partial charge in [0.25, 0.3) is 5.91 Å².